The minimum atomic E-state index is -1.20. The molecular weight excluding hydrogens is 284 g/mol. The topological polar surface area (TPSA) is 109 Å². The Morgan fingerprint density at radius 2 is 1.77 bits per heavy atom. The fraction of sp³-hybridized carbons (Fsp3) is 0.188. The van der Waals surface area contributed by atoms with Crippen molar-refractivity contribution in [3.8, 4) is 0 Å². The molecule has 0 bridgehead atoms. The van der Waals surface area contributed by atoms with Crippen molar-refractivity contribution < 1.29 is 19.5 Å². The van der Waals surface area contributed by atoms with Gasteiger partial charge in [0.25, 0.3) is 0 Å². The first-order chi connectivity index (χ1) is 10.5. The van der Waals surface area contributed by atoms with E-state index in [1.165, 1.54) is 0 Å². The van der Waals surface area contributed by atoms with E-state index in [-0.39, 0.29) is 6.42 Å². The van der Waals surface area contributed by atoms with Gasteiger partial charge in [0, 0.05) is 0 Å². The number of carbonyl (C=O) groups excluding carboxylic acids is 2. The van der Waals surface area contributed by atoms with E-state index in [1.807, 2.05) is 42.5 Å². The van der Waals surface area contributed by atoms with Crippen molar-refractivity contribution in [2.24, 2.45) is 5.73 Å². The zero-order chi connectivity index (χ0) is 16.1. The van der Waals surface area contributed by atoms with Crippen LogP contribution in [0.25, 0.3) is 10.8 Å². The Kier molecular flexibility index (Phi) is 4.73. The van der Waals surface area contributed by atoms with Crippen LogP contribution >= 0.6 is 0 Å². The lowest BCUT2D eigenvalue weighted by Crippen LogP contribution is -2.46. The van der Waals surface area contributed by atoms with Crippen molar-refractivity contribution in [2.45, 2.75) is 18.9 Å². The number of carboxylic acid groups (broad SMARTS) is 1. The van der Waals surface area contributed by atoms with Gasteiger partial charge in [-0.2, -0.15) is 0 Å². The third-order valence-electron chi connectivity index (χ3n) is 3.24. The van der Waals surface area contributed by atoms with Gasteiger partial charge in [0.1, 0.15) is 6.04 Å². The molecule has 0 radical (unpaired) electrons. The highest BCUT2D eigenvalue weighted by Crippen LogP contribution is 2.16. The number of benzene rings is 2. The number of hydrogen-bond donors (Lipinski definition) is 3. The van der Waals surface area contributed by atoms with Crippen LogP contribution in [0.3, 0.4) is 0 Å². The molecular formula is C16H16N2O4. The van der Waals surface area contributed by atoms with Gasteiger partial charge in [-0.15, -0.1) is 0 Å². The Labute approximate surface area is 126 Å². The number of nitrogens with two attached hydrogens (primary N) is 1. The highest BCUT2D eigenvalue weighted by molar-refractivity contribution is 5.91. The largest absolute Gasteiger partial charge is 0.481 e. The van der Waals surface area contributed by atoms with Gasteiger partial charge in [0.2, 0.25) is 11.8 Å². The lowest BCUT2D eigenvalue weighted by Gasteiger charge is -2.13. The van der Waals surface area contributed by atoms with Crippen LogP contribution in [-0.4, -0.2) is 28.9 Å². The van der Waals surface area contributed by atoms with Gasteiger partial charge >= 0.3 is 5.97 Å². The summed E-state index contributed by atoms with van der Waals surface area (Å²) in [6, 6.07) is 12.1. The summed E-state index contributed by atoms with van der Waals surface area (Å²) in [6.45, 7) is 0. The molecule has 0 saturated carbocycles. The molecule has 1 atom stereocenters. The average molecular weight is 300 g/mol. The molecule has 0 aliphatic heterocycles. The molecule has 0 aromatic heterocycles. The van der Waals surface area contributed by atoms with Crippen molar-refractivity contribution in [1.82, 2.24) is 5.32 Å². The van der Waals surface area contributed by atoms with Crippen molar-refractivity contribution in [3.63, 3.8) is 0 Å². The minimum Gasteiger partial charge on any atom is -0.481 e. The van der Waals surface area contributed by atoms with Crippen molar-refractivity contribution in [3.05, 3.63) is 48.0 Å². The van der Waals surface area contributed by atoms with Crippen LogP contribution in [0.4, 0.5) is 0 Å². The highest BCUT2D eigenvalue weighted by atomic mass is 16.4. The molecule has 114 valence electrons. The number of carbonyl (C=O) groups is 3. The molecule has 0 spiro atoms. The van der Waals surface area contributed by atoms with E-state index >= 15 is 0 Å². The number of nitrogens with one attached hydrogen (secondary N) is 1. The van der Waals surface area contributed by atoms with Gasteiger partial charge in [-0.3, -0.25) is 14.4 Å². The lowest BCUT2D eigenvalue weighted by atomic mass is 10.0. The summed E-state index contributed by atoms with van der Waals surface area (Å²) in [6.07, 6.45) is -0.479. The second-order valence-electron chi connectivity index (χ2n) is 4.98. The molecule has 2 aromatic rings. The van der Waals surface area contributed by atoms with Crippen molar-refractivity contribution in [2.75, 3.05) is 0 Å². The van der Waals surface area contributed by atoms with E-state index in [0.29, 0.717) is 0 Å². The number of primary amides is 1. The molecule has 2 rings (SSSR count). The molecule has 2 aromatic carbocycles. The Morgan fingerprint density at radius 1 is 1.09 bits per heavy atom. The van der Waals surface area contributed by atoms with E-state index in [1.54, 1.807) is 0 Å². The Morgan fingerprint density at radius 3 is 2.41 bits per heavy atom. The fourth-order valence-corrected chi connectivity index (χ4v) is 2.18. The molecule has 22 heavy (non-hydrogen) atoms. The van der Waals surface area contributed by atoms with Gasteiger partial charge in [-0.05, 0) is 16.3 Å². The smallest absolute Gasteiger partial charge is 0.305 e. The van der Waals surface area contributed by atoms with Gasteiger partial charge in [0.15, 0.2) is 0 Å². The molecule has 0 heterocycles. The zero-order valence-corrected chi connectivity index (χ0v) is 11.8. The van der Waals surface area contributed by atoms with E-state index in [0.717, 1.165) is 16.3 Å². The third-order valence-corrected chi connectivity index (χ3v) is 3.24. The SMILES string of the molecule is NC(=O)[C@H](CC(=O)O)NC(=O)Cc1ccc2ccccc2c1. The third kappa shape index (κ3) is 4.05. The molecule has 0 fully saturated rings. The van der Waals surface area contributed by atoms with Crippen LogP contribution < -0.4 is 11.1 Å². The van der Waals surface area contributed by atoms with Gasteiger partial charge in [0.05, 0.1) is 12.8 Å². The quantitative estimate of drug-likeness (QED) is 0.734. The van der Waals surface area contributed by atoms with Gasteiger partial charge in [-0.1, -0.05) is 42.5 Å². The van der Waals surface area contributed by atoms with Crippen LogP contribution in [-0.2, 0) is 20.8 Å². The summed E-state index contributed by atoms with van der Waals surface area (Å²) < 4.78 is 0. The van der Waals surface area contributed by atoms with Crippen molar-refractivity contribution in [1.29, 1.82) is 0 Å². The monoisotopic (exact) mass is 300 g/mol. The maximum atomic E-state index is 11.9. The summed E-state index contributed by atoms with van der Waals surface area (Å²) >= 11 is 0. The van der Waals surface area contributed by atoms with Gasteiger partial charge < -0.3 is 16.2 Å². The number of amides is 2. The first-order valence-electron chi connectivity index (χ1n) is 6.74. The normalized spacial score (nSPS) is 11.8. The molecule has 6 heteroatoms. The highest BCUT2D eigenvalue weighted by Gasteiger charge is 2.21. The summed E-state index contributed by atoms with van der Waals surface area (Å²) in [4.78, 5) is 33.7. The molecule has 2 amide bonds. The minimum absolute atomic E-state index is 0.0498. The predicted molar refractivity (Wildman–Crippen MR) is 81.0 cm³/mol. The van der Waals surface area contributed by atoms with E-state index in [2.05, 4.69) is 5.32 Å². The maximum absolute atomic E-state index is 11.9. The second kappa shape index (κ2) is 6.71. The van der Waals surface area contributed by atoms with Crippen LogP contribution in [0.1, 0.15) is 12.0 Å². The molecule has 0 saturated heterocycles. The Bertz CT molecular complexity index is 727. The fourth-order valence-electron chi connectivity index (χ4n) is 2.18. The second-order valence-corrected chi connectivity index (χ2v) is 4.98. The van der Waals surface area contributed by atoms with Crippen LogP contribution in [0.15, 0.2) is 42.5 Å². The van der Waals surface area contributed by atoms with Crippen molar-refractivity contribution >= 4 is 28.6 Å². The van der Waals surface area contributed by atoms with Crippen LogP contribution in [0.2, 0.25) is 0 Å². The Hall–Kier alpha value is -2.89. The first-order valence-corrected chi connectivity index (χ1v) is 6.74. The molecule has 4 N–H and O–H groups in total. The van der Waals surface area contributed by atoms with E-state index in [4.69, 9.17) is 10.8 Å². The molecule has 0 unspecified atom stereocenters. The number of fused-ring (bicyclic) bond motifs is 1. The Balaban J connectivity index is 2.06. The summed E-state index contributed by atoms with van der Waals surface area (Å²) in [5.41, 5.74) is 5.86. The predicted octanol–water partition coefficient (Wildman–Crippen LogP) is 0.827. The lowest BCUT2D eigenvalue weighted by molar-refractivity contribution is -0.140. The number of carboxylic acids is 1. The molecule has 0 aliphatic rings. The van der Waals surface area contributed by atoms with Crippen LogP contribution in [0.5, 0.6) is 0 Å². The average Bonchev–Trinajstić information content (AvgIpc) is 2.45. The number of rotatable bonds is 6. The van der Waals surface area contributed by atoms with Crippen LogP contribution in [0, 0.1) is 0 Å². The molecule has 6 nitrogen and oxygen atoms in total. The zero-order valence-electron chi connectivity index (χ0n) is 11.8. The molecule has 0 aliphatic carbocycles. The standard InChI is InChI=1S/C16H16N2O4/c17-16(22)13(9-15(20)21)18-14(19)8-10-5-6-11-3-1-2-4-12(11)7-10/h1-7,13H,8-9H2,(H2,17,22)(H,18,19)(H,20,21)/t13-/m0/s1. The maximum Gasteiger partial charge on any atom is 0.305 e. The van der Waals surface area contributed by atoms with Gasteiger partial charge in [-0.25, -0.2) is 0 Å². The van der Waals surface area contributed by atoms with E-state index in [9.17, 15) is 14.4 Å². The summed E-state index contributed by atoms with van der Waals surface area (Å²) in [5.74, 6) is -2.51. The van der Waals surface area contributed by atoms with E-state index < -0.39 is 30.2 Å². The summed E-state index contributed by atoms with van der Waals surface area (Å²) in [7, 11) is 0. The summed E-state index contributed by atoms with van der Waals surface area (Å²) in [5, 5.41) is 13.1. The number of aliphatic carboxylic acids is 1. The number of hydrogen-bond acceptors (Lipinski definition) is 3. The first kappa shape index (κ1) is 15.5.